The van der Waals surface area contributed by atoms with Crippen LogP contribution in [0.1, 0.15) is 22.6 Å². The number of thioether (sulfide) groups is 1. The summed E-state index contributed by atoms with van der Waals surface area (Å²) < 4.78 is 1.70. The summed E-state index contributed by atoms with van der Waals surface area (Å²) in [5, 5.41) is 7.21. The van der Waals surface area contributed by atoms with E-state index in [0.717, 1.165) is 22.7 Å². The molecule has 1 aliphatic heterocycles. The average molecular weight is 388 g/mol. The molecule has 7 nitrogen and oxygen atoms in total. The Morgan fingerprint density at radius 3 is 2.37 bits per heavy atom. The van der Waals surface area contributed by atoms with Crippen LogP contribution in [0.5, 0.6) is 0 Å². The van der Waals surface area contributed by atoms with Gasteiger partial charge in [0.1, 0.15) is 0 Å². The first-order valence-corrected chi connectivity index (χ1v) is 10.2. The lowest BCUT2D eigenvalue weighted by molar-refractivity contribution is 0.0756. The SMILES string of the molecule is CSc1ccc(NC(=O)N2CCCN(C(=O)c3cc(C)n(C)n3)CC2)cc1. The highest BCUT2D eigenvalue weighted by molar-refractivity contribution is 7.98. The molecule has 2 aromatic rings. The summed E-state index contributed by atoms with van der Waals surface area (Å²) in [6, 6.07) is 9.45. The van der Waals surface area contributed by atoms with Gasteiger partial charge in [-0.05, 0) is 49.9 Å². The molecule has 0 aliphatic carbocycles. The second kappa shape index (κ2) is 8.47. The van der Waals surface area contributed by atoms with Gasteiger partial charge >= 0.3 is 6.03 Å². The molecule has 1 aliphatic rings. The van der Waals surface area contributed by atoms with Gasteiger partial charge in [-0.2, -0.15) is 5.10 Å². The lowest BCUT2D eigenvalue weighted by Gasteiger charge is -2.22. The highest BCUT2D eigenvalue weighted by Gasteiger charge is 2.24. The van der Waals surface area contributed by atoms with Crippen molar-refractivity contribution in [3.63, 3.8) is 0 Å². The van der Waals surface area contributed by atoms with Crippen molar-refractivity contribution in [2.75, 3.05) is 37.8 Å². The molecule has 0 spiro atoms. The van der Waals surface area contributed by atoms with Gasteiger partial charge in [0, 0.05) is 49.5 Å². The largest absolute Gasteiger partial charge is 0.335 e. The van der Waals surface area contributed by atoms with Crippen LogP contribution in [0.4, 0.5) is 10.5 Å². The fraction of sp³-hybridized carbons (Fsp3) is 0.421. The van der Waals surface area contributed by atoms with E-state index in [4.69, 9.17) is 0 Å². The van der Waals surface area contributed by atoms with Crippen molar-refractivity contribution in [2.24, 2.45) is 7.05 Å². The van der Waals surface area contributed by atoms with Crippen LogP contribution in [0.25, 0.3) is 0 Å². The van der Waals surface area contributed by atoms with Gasteiger partial charge in [0.05, 0.1) is 0 Å². The zero-order chi connectivity index (χ0) is 19.4. The fourth-order valence-corrected chi connectivity index (χ4v) is 3.44. The summed E-state index contributed by atoms with van der Waals surface area (Å²) in [5.41, 5.74) is 2.18. The van der Waals surface area contributed by atoms with E-state index in [2.05, 4.69) is 10.4 Å². The van der Waals surface area contributed by atoms with E-state index in [0.29, 0.717) is 31.9 Å². The Hall–Kier alpha value is -2.48. The van der Waals surface area contributed by atoms with E-state index < -0.39 is 0 Å². The van der Waals surface area contributed by atoms with Crippen molar-refractivity contribution in [2.45, 2.75) is 18.2 Å². The van der Waals surface area contributed by atoms with Gasteiger partial charge < -0.3 is 15.1 Å². The molecule has 1 N–H and O–H groups in total. The Morgan fingerprint density at radius 1 is 1.07 bits per heavy atom. The number of aryl methyl sites for hydroxylation is 2. The lowest BCUT2D eigenvalue weighted by Crippen LogP contribution is -2.39. The van der Waals surface area contributed by atoms with Crippen molar-refractivity contribution in [3.8, 4) is 0 Å². The lowest BCUT2D eigenvalue weighted by atomic mass is 10.3. The minimum atomic E-state index is -0.130. The van der Waals surface area contributed by atoms with Gasteiger partial charge in [0.15, 0.2) is 5.69 Å². The fourth-order valence-electron chi connectivity index (χ4n) is 3.03. The highest BCUT2D eigenvalue weighted by atomic mass is 32.2. The third-order valence-electron chi connectivity index (χ3n) is 4.74. The van der Waals surface area contributed by atoms with Crippen molar-refractivity contribution in [1.29, 1.82) is 0 Å². The number of nitrogens with one attached hydrogen (secondary N) is 1. The quantitative estimate of drug-likeness (QED) is 0.822. The monoisotopic (exact) mass is 387 g/mol. The van der Waals surface area contributed by atoms with Crippen LogP contribution in [-0.4, -0.2) is 64.0 Å². The molecule has 1 aromatic heterocycles. The van der Waals surface area contributed by atoms with Gasteiger partial charge in [0.2, 0.25) is 0 Å². The maximum absolute atomic E-state index is 12.7. The normalized spacial score (nSPS) is 14.8. The molecule has 144 valence electrons. The molecular formula is C19H25N5O2S. The maximum atomic E-state index is 12.7. The number of rotatable bonds is 3. The molecule has 0 radical (unpaired) electrons. The molecule has 0 bridgehead atoms. The topological polar surface area (TPSA) is 70.5 Å². The van der Waals surface area contributed by atoms with Gasteiger partial charge in [-0.25, -0.2) is 4.79 Å². The third kappa shape index (κ3) is 4.63. The van der Waals surface area contributed by atoms with Crippen LogP contribution in [0.3, 0.4) is 0 Å². The molecular weight excluding hydrogens is 362 g/mol. The molecule has 2 heterocycles. The van der Waals surface area contributed by atoms with Crippen molar-refractivity contribution >= 4 is 29.4 Å². The number of aromatic nitrogens is 2. The second-order valence-corrected chi connectivity index (χ2v) is 7.47. The number of urea groups is 1. The van der Waals surface area contributed by atoms with E-state index in [1.807, 2.05) is 44.5 Å². The van der Waals surface area contributed by atoms with Crippen LogP contribution in [0.15, 0.2) is 35.2 Å². The predicted octanol–water partition coefficient (Wildman–Crippen LogP) is 2.83. The van der Waals surface area contributed by atoms with Crippen molar-refractivity contribution in [1.82, 2.24) is 19.6 Å². The molecule has 8 heteroatoms. The Kier molecular flexibility index (Phi) is 6.05. The number of carbonyl (C=O) groups is 2. The summed E-state index contributed by atoms with van der Waals surface area (Å²) in [7, 11) is 1.83. The van der Waals surface area contributed by atoms with Crippen molar-refractivity contribution < 1.29 is 9.59 Å². The van der Waals surface area contributed by atoms with E-state index in [-0.39, 0.29) is 11.9 Å². The zero-order valence-electron chi connectivity index (χ0n) is 15.9. The van der Waals surface area contributed by atoms with Gasteiger partial charge in [-0.3, -0.25) is 9.48 Å². The van der Waals surface area contributed by atoms with Gasteiger partial charge in [0.25, 0.3) is 5.91 Å². The number of carbonyl (C=O) groups excluding carboxylic acids is 2. The van der Waals surface area contributed by atoms with E-state index >= 15 is 0 Å². The van der Waals surface area contributed by atoms with Crippen LogP contribution in [0.2, 0.25) is 0 Å². The number of amides is 3. The van der Waals surface area contributed by atoms with E-state index in [9.17, 15) is 9.59 Å². The Labute approximate surface area is 163 Å². The molecule has 0 unspecified atom stereocenters. The van der Waals surface area contributed by atoms with Crippen molar-refractivity contribution in [3.05, 3.63) is 41.7 Å². The summed E-state index contributed by atoms with van der Waals surface area (Å²) in [4.78, 5) is 29.9. The predicted molar refractivity (Wildman–Crippen MR) is 107 cm³/mol. The molecule has 0 atom stereocenters. The second-order valence-electron chi connectivity index (χ2n) is 6.59. The number of nitrogens with zero attached hydrogens (tertiary/aromatic N) is 4. The van der Waals surface area contributed by atoms with Crippen LogP contribution in [-0.2, 0) is 7.05 Å². The number of hydrogen-bond donors (Lipinski definition) is 1. The number of anilines is 1. The third-order valence-corrected chi connectivity index (χ3v) is 5.49. The van der Waals surface area contributed by atoms with E-state index in [1.165, 1.54) is 0 Å². The smallest absolute Gasteiger partial charge is 0.321 e. The molecule has 27 heavy (non-hydrogen) atoms. The van der Waals surface area contributed by atoms with Gasteiger partial charge in [-0.1, -0.05) is 0 Å². The highest BCUT2D eigenvalue weighted by Crippen LogP contribution is 2.18. The molecule has 0 saturated carbocycles. The minimum Gasteiger partial charge on any atom is -0.335 e. The molecule has 1 saturated heterocycles. The Balaban J connectivity index is 1.58. The minimum absolute atomic E-state index is 0.0754. The Morgan fingerprint density at radius 2 is 1.74 bits per heavy atom. The standard InChI is InChI=1S/C19H25N5O2S/c1-14-13-17(21-22(14)2)18(25)23-9-4-10-24(12-11-23)19(26)20-15-5-7-16(27-3)8-6-15/h5-8,13H,4,9-12H2,1-3H3,(H,20,26). The summed E-state index contributed by atoms with van der Waals surface area (Å²) in [6.45, 7) is 4.18. The Bertz CT molecular complexity index is 799. The summed E-state index contributed by atoms with van der Waals surface area (Å²) in [6.07, 6.45) is 2.76. The average Bonchev–Trinajstić information content (AvgIpc) is 2.87. The maximum Gasteiger partial charge on any atom is 0.321 e. The van der Waals surface area contributed by atoms with E-state index in [1.54, 1.807) is 32.3 Å². The molecule has 1 fully saturated rings. The first-order valence-electron chi connectivity index (χ1n) is 8.98. The number of benzene rings is 1. The first kappa shape index (κ1) is 19.3. The molecule has 3 amide bonds. The summed E-state index contributed by atoms with van der Waals surface area (Å²) in [5.74, 6) is -0.0754. The summed E-state index contributed by atoms with van der Waals surface area (Å²) >= 11 is 1.66. The zero-order valence-corrected chi connectivity index (χ0v) is 16.8. The molecule has 3 rings (SSSR count). The van der Waals surface area contributed by atoms with Crippen LogP contribution in [0, 0.1) is 6.92 Å². The first-order chi connectivity index (χ1) is 13.0. The van der Waals surface area contributed by atoms with Crippen LogP contribution < -0.4 is 5.32 Å². The van der Waals surface area contributed by atoms with Crippen LogP contribution >= 0.6 is 11.8 Å². The molecule has 1 aromatic carbocycles. The number of hydrogen-bond acceptors (Lipinski definition) is 4. The van der Waals surface area contributed by atoms with Gasteiger partial charge in [-0.15, -0.1) is 11.8 Å².